The summed E-state index contributed by atoms with van der Waals surface area (Å²) in [5.74, 6) is -1.59. The number of carbonyl (C=O) groups is 2. The molecule has 0 unspecified atom stereocenters. The number of carbonyl (C=O) groups excluding carboxylic acids is 2. The van der Waals surface area contributed by atoms with E-state index in [0.29, 0.717) is 34.8 Å². The number of alkyl halides is 4. The third-order valence-corrected chi connectivity index (χ3v) is 6.01. The molecule has 4 aromatic rings. The molecule has 0 spiro atoms. The first-order chi connectivity index (χ1) is 18.0. The number of nitrogen functional groups attached to an aromatic ring is 1. The van der Waals surface area contributed by atoms with Gasteiger partial charge < -0.3 is 21.7 Å². The minimum Gasteiger partial charge on any atom is -0.382 e. The zero-order chi connectivity index (χ0) is 27.6. The average Bonchev–Trinajstić information content (AvgIpc) is 3.17. The summed E-state index contributed by atoms with van der Waals surface area (Å²) in [7, 11) is 0. The highest BCUT2D eigenvalue weighted by Gasteiger charge is 2.31. The number of hydrogen-bond donors (Lipinski definition) is 4. The van der Waals surface area contributed by atoms with Gasteiger partial charge >= 0.3 is 12.2 Å². The summed E-state index contributed by atoms with van der Waals surface area (Å²) in [6, 6.07) is 6.60. The molecule has 2 heterocycles. The number of halogens is 6. The molecular weight excluding hydrogens is 581 g/mol. The molecule has 0 aliphatic carbocycles. The van der Waals surface area contributed by atoms with Crippen molar-refractivity contribution in [2.45, 2.75) is 6.18 Å². The molecule has 3 amide bonds. The number of aromatic nitrogens is 3. The van der Waals surface area contributed by atoms with Gasteiger partial charge in [0.05, 0.1) is 16.8 Å². The molecule has 0 aliphatic heterocycles. The number of urea groups is 1. The van der Waals surface area contributed by atoms with E-state index >= 15 is 0 Å². The van der Waals surface area contributed by atoms with Gasteiger partial charge in [-0.1, -0.05) is 12.1 Å². The normalized spacial score (nSPS) is 11.4. The van der Waals surface area contributed by atoms with E-state index in [2.05, 4.69) is 36.6 Å². The van der Waals surface area contributed by atoms with Crippen LogP contribution in [0.1, 0.15) is 15.9 Å². The molecule has 0 radical (unpaired) electrons. The molecule has 0 aliphatic rings. The van der Waals surface area contributed by atoms with E-state index in [4.69, 9.17) is 5.73 Å². The molecule has 2 aromatic heterocycles. The highest BCUT2D eigenvalue weighted by Crippen LogP contribution is 2.38. The minimum absolute atomic E-state index is 0.0601. The van der Waals surface area contributed by atoms with Crippen molar-refractivity contribution in [1.29, 1.82) is 0 Å². The predicted octanol–water partition coefficient (Wildman–Crippen LogP) is 5.24. The monoisotopic (exact) mass is 597 g/mol. The molecule has 2 aromatic carbocycles. The van der Waals surface area contributed by atoms with Crippen molar-refractivity contribution in [3.05, 3.63) is 70.3 Å². The van der Waals surface area contributed by atoms with Crippen molar-refractivity contribution in [1.82, 2.24) is 19.9 Å². The number of anilines is 3. The summed E-state index contributed by atoms with van der Waals surface area (Å²) < 4.78 is 66.9. The smallest absolute Gasteiger partial charge is 0.382 e. The van der Waals surface area contributed by atoms with Crippen LogP contribution in [0.25, 0.3) is 16.6 Å². The van der Waals surface area contributed by atoms with Crippen LogP contribution >= 0.6 is 15.9 Å². The van der Waals surface area contributed by atoms with Gasteiger partial charge in [-0.05, 0) is 51.8 Å². The zero-order valence-electron chi connectivity index (χ0n) is 19.0. The first-order valence-electron chi connectivity index (χ1n) is 10.7. The Balaban J connectivity index is 1.62. The van der Waals surface area contributed by atoms with Crippen molar-refractivity contribution in [2.75, 3.05) is 29.6 Å². The zero-order valence-corrected chi connectivity index (χ0v) is 20.6. The largest absolute Gasteiger partial charge is 0.416 e. The molecule has 0 fully saturated rings. The topological polar surface area (TPSA) is 126 Å². The SMILES string of the molecule is Nc1ncnn2c(Br)c(C(=O)NCCF)c(-c3ccc(NC(=O)Nc4cc(C(F)(F)F)ccc4F)cc3)c12. The van der Waals surface area contributed by atoms with E-state index in [1.807, 2.05) is 5.32 Å². The van der Waals surface area contributed by atoms with Gasteiger partial charge in [-0.25, -0.2) is 23.1 Å². The number of fused-ring (bicyclic) bond motifs is 1. The van der Waals surface area contributed by atoms with Crippen LogP contribution in [0.4, 0.5) is 43.9 Å². The fraction of sp³-hybridized carbons (Fsp3) is 0.130. The Labute approximate surface area is 219 Å². The van der Waals surface area contributed by atoms with Crippen LogP contribution in [0, 0.1) is 5.82 Å². The third-order valence-electron chi connectivity index (χ3n) is 5.28. The minimum atomic E-state index is -4.72. The third kappa shape index (κ3) is 5.37. The van der Waals surface area contributed by atoms with Gasteiger partial charge in [0.1, 0.15) is 28.9 Å². The van der Waals surface area contributed by atoms with Gasteiger partial charge in [0, 0.05) is 17.8 Å². The molecule has 198 valence electrons. The van der Waals surface area contributed by atoms with Gasteiger partial charge in [-0.15, -0.1) is 0 Å². The number of nitrogens with zero attached hydrogens (tertiary/aromatic N) is 3. The lowest BCUT2D eigenvalue weighted by Gasteiger charge is -2.12. The fourth-order valence-electron chi connectivity index (χ4n) is 3.62. The quantitative estimate of drug-likeness (QED) is 0.226. The number of rotatable bonds is 6. The molecule has 4 rings (SSSR count). The molecule has 0 saturated carbocycles. The summed E-state index contributed by atoms with van der Waals surface area (Å²) in [5, 5.41) is 11.0. The van der Waals surface area contributed by atoms with Crippen LogP contribution in [0.3, 0.4) is 0 Å². The summed E-state index contributed by atoms with van der Waals surface area (Å²) >= 11 is 3.32. The lowest BCUT2D eigenvalue weighted by Crippen LogP contribution is -2.26. The van der Waals surface area contributed by atoms with Gasteiger partial charge in [0.25, 0.3) is 5.91 Å². The number of nitrogens with two attached hydrogens (primary N) is 1. The summed E-state index contributed by atoms with van der Waals surface area (Å²) in [6.07, 6.45) is -3.52. The van der Waals surface area contributed by atoms with Gasteiger partial charge in [0.2, 0.25) is 0 Å². The fourth-order valence-corrected chi connectivity index (χ4v) is 4.26. The maximum atomic E-state index is 14.0. The molecule has 5 N–H and O–H groups in total. The van der Waals surface area contributed by atoms with Gasteiger partial charge in [-0.3, -0.25) is 4.79 Å². The number of amides is 3. The second-order valence-electron chi connectivity index (χ2n) is 7.74. The van der Waals surface area contributed by atoms with E-state index in [-0.39, 0.29) is 28.2 Å². The standard InChI is InChI=1S/C23H17BrF5N7O2/c24-19-17(21(37)31-8-7-25)16(18-20(30)32-10-33-36(18)19)11-1-4-13(5-2-11)34-22(38)35-15-9-12(23(27,28)29)3-6-14(15)26/h1-6,9-10H,7-8H2,(H,31,37)(H2,30,32,33)(H2,34,35,38). The van der Waals surface area contributed by atoms with Crippen LogP contribution in [0.15, 0.2) is 53.4 Å². The van der Waals surface area contributed by atoms with Crippen LogP contribution in [-0.4, -0.2) is 39.8 Å². The van der Waals surface area contributed by atoms with Crippen molar-refractivity contribution < 1.29 is 31.5 Å². The Bertz CT molecular complexity index is 1520. The Morgan fingerprint density at radius 3 is 2.45 bits per heavy atom. The van der Waals surface area contributed by atoms with Crippen LogP contribution in [0.2, 0.25) is 0 Å². The maximum absolute atomic E-state index is 14.0. The average molecular weight is 598 g/mol. The van der Waals surface area contributed by atoms with Gasteiger partial charge in [-0.2, -0.15) is 18.3 Å². The summed E-state index contributed by atoms with van der Waals surface area (Å²) in [6.45, 7) is -0.997. The van der Waals surface area contributed by atoms with E-state index < -0.39 is 41.9 Å². The lowest BCUT2D eigenvalue weighted by atomic mass is 10.0. The van der Waals surface area contributed by atoms with Gasteiger partial charge in [0.15, 0.2) is 5.82 Å². The van der Waals surface area contributed by atoms with Crippen molar-refractivity contribution in [3.63, 3.8) is 0 Å². The van der Waals surface area contributed by atoms with Crippen molar-refractivity contribution in [2.24, 2.45) is 0 Å². The molecular formula is C23H17BrF5N7O2. The molecule has 0 atom stereocenters. The Morgan fingerprint density at radius 1 is 1.08 bits per heavy atom. The second kappa shape index (κ2) is 10.6. The number of benzene rings is 2. The van der Waals surface area contributed by atoms with Crippen LogP contribution in [-0.2, 0) is 6.18 Å². The summed E-state index contributed by atoms with van der Waals surface area (Å²) in [5.41, 5.74) is 5.66. The van der Waals surface area contributed by atoms with E-state index in [0.717, 1.165) is 0 Å². The molecule has 0 bridgehead atoms. The number of hydrogen-bond acceptors (Lipinski definition) is 5. The van der Waals surface area contributed by atoms with Crippen LogP contribution < -0.4 is 21.7 Å². The van der Waals surface area contributed by atoms with Crippen molar-refractivity contribution >= 4 is 50.6 Å². The highest BCUT2D eigenvalue weighted by molar-refractivity contribution is 9.10. The van der Waals surface area contributed by atoms with E-state index in [9.17, 15) is 31.5 Å². The van der Waals surface area contributed by atoms with E-state index in [1.165, 1.54) is 35.1 Å². The first kappa shape index (κ1) is 26.8. The highest BCUT2D eigenvalue weighted by atomic mass is 79.9. The number of nitrogens with one attached hydrogen (secondary N) is 3. The maximum Gasteiger partial charge on any atom is 0.416 e. The Morgan fingerprint density at radius 2 is 1.79 bits per heavy atom. The molecule has 9 nitrogen and oxygen atoms in total. The molecule has 38 heavy (non-hydrogen) atoms. The first-order valence-corrected chi connectivity index (χ1v) is 11.5. The Kier molecular flexibility index (Phi) is 7.48. The van der Waals surface area contributed by atoms with Crippen LogP contribution in [0.5, 0.6) is 0 Å². The van der Waals surface area contributed by atoms with Crippen molar-refractivity contribution in [3.8, 4) is 11.1 Å². The summed E-state index contributed by atoms with van der Waals surface area (Å²) in [4.78, 5) is 29.1. The second-order valence-corrected chi connectivity index (χ2v) is 8.49. The predicted molar refractivity (Wildman–Crippen MR) is 133 cm³/mol. The Hall–Kier alpha value is -4.27. The molecule has 15 heteroatoms. The van der Waals surface area contributed by atoms with E-state index in [1.54, 1.807) is 0 Å². The lowest BCUT2D eigenvalue weighted by molar-refractivity contribution is -0.137. The molecule has 0 saturated heterocycles.